The molecule has 3 aromatic carbocycles. The minimum Gasteiger partial charge on any atom is -0.353 e. The van der Waals surface area contributed by atoms with E-state index in [1.165, 1.54) is 13.0 Å². The van der Waals surface area contributed by atoms with Gasteiger partial charge in [0.15, 0.2) is 17.9 Å². The fourth-order valence-corrected chi connectivity index (χ4v) is 4.21. The second-order valence-corrected chi connectivity index (χ2v) is 8.63. The summed E-state index contributed by atoms with van der Waals surface area (Å²) >= 11 is 0. The van der Waals surface area contributed by atoms with Crippen LogP contribution in [0.5, 0.6) is 0 Å². The zero-order valence-electron chi connectivity index (χ0n) is 19.0. The van der Waals surface area contributed by atoms with E-state index in [0.29, 0.717) is 24.3 Å². The third-order valence-corrected chi connectivity index (χ3v) is 6.28. The Labute approximate surface area is 193 Å². The molecule has 0 bridgehead atoms. The first kappa shape index (κ1) is 23.5. The Morgan fingerprint density at radius 3 is 2.27 bits per heavy atom. The molecule has 1 aliphatic heterocycles. The molecule has 174 valence electrons. The van der Waals surface area contributed by atoms with Crippen molar-refractivity contribution in [3.63, 3.8) is 0 Å². The van der Waals surface area contributed by atoms with Crippen molar-refractivity contribution in [3.8, 4) is 22.3 Å². The van der Waals surface area contributed by atoms with Crippen molar-refractivity contribution in [1.29, 1.82) is 0 Å². The number of hydrogen-bond acceptors (Lipinski definition) is 2. The molecule has 0 amide bonds. The van der Waals surface area contributed by atoms with E-state index in [-0.39, 0.29) is 29.2 Å². The summed E-state index contributed by atoms with van der Waals surface area (Å²) in [6, 6.07) is 15.4. The van der Waals surface area contributed by atoms with Gasteiger partial charge in [-0.3, -0.25) is 0 Å². The molecular formula is C28H29F3O2. The molecule has 5 heteroatoms. The zero-order chi connectivity index (χ0) is 23.4. The molecule has 0 radical (unpaired) electrons. The average molecular weight is 455 g/mol. The number of halogens is 3. The standard InChI is InChI=1S/C28H29F3O2/c1-3-4-15-32-26-14-11-22(17-33-26)23-13-10-21(16-25(23)29)19-6-8-20(9-7-19)24-12-5-18(2)27(30)28(24)31/h5-10,12-13,16,22,26H,3-4,11,14-15,17H2,1-2H3. The van der Waals surface area contributed by atoms with Crippen molar-refractivity contribution in [2.45, 2.75) is 51.7 Å². The van der Waals surface area contributed by atoms with E-state index in [1.54, 1.807) is 36.4 Å². The number of benzene rings is 3. The van der Waals surface area contributed by atoms with E-state index in [0.717, 1.165) is 36.8 Å². The van der Waals surface area contributed by atoms with Crippen LogP contribution in [-0.4, -0.2) is 19.5 Å². The lowest BCUT2D eigenvalue weighted by molar-refractivity contribution is -0.167. The number of unbranched alkanes of at least 4 members (excludes halogenated alkanes) is 1. The Bertz CT molecular complexity index is 1090. The molecule has 0 aromatic heterocycles. The number of hydrogen-bond donors (Lipinski definition) is 0. The van der Waals surface area contributed by atoms with Gasteiger partial charge in [-0.1, -0.05) is 61.9 Å². The smallest absolute Gasteiger partial charge is 0.166 e. The maximum atomic E-state index is 15.0. The summed E-state index contributed by atoms with van der Waals surface area (Å²) in [7, 11) is 0. The summed E-state index contributed by atoms with van der Waals surface area (Å²) in [5.74, 6) is -1.94. The van der Waals surface area contributed by atoms with Crippen molar-refractivity contribution in [3.05, 3.63) is 83.2 Å². The van der Waals surface area contributed by atoms with Crippen molar-refractivity contribution in [1.82, 2.24) is 0 Å². The maximum Gasteiger partial charge on any atom is 0.166 e. The summed E-state index contributed by atoms with van der Waals surface area (Å²) in [4.78, 5) is 0. The highest BCUT2D eigenvalue weighted by atomic mass is 19.2. The fourth-order valence-electron chi connectivity index (χ4n) is 4.21. The monoisotopic (exact) mass is 454 g/mol. The van der Waals surface area contributed by atoms with Crippen molar-refractivity contribution < 1.29 is 22.6 Å². The molecule has 2 unspecified atom stereocenters. The summed E-state index contributed by atoms with van der Waals surface area (Å²) < 4.78 is 54.7. The molecule has 0 spiro atoms. The van der Waals surface area contributed by atoms with Crippen molar-refractivity contribution in [2.24, 2.45) is 0 Å². The predicted molar refractivity (Wildman–Crippen MR) is 125 cm³/mol. The summed E-state index contributed by atoms with van der Waals surface area (Å²) in [5.41, 5.74) is 3.24. The predicted octanol–water partition coefficient (Wildman–Crippen LogP) is 7.78. The van der Waals surface area contributed by atoms with E-state index in [2.05, 4.69) is 6.92 Å². The van der Waals surface area contributed by atoms with Crippen LogP contribution < -0.4 is 0 Å². The zero-order valence-corrected chi connectivity index (χ0v) is 19.0. The Kier molecular flexibility index (Phi) is 7.51. The molecule has 1 heterocycles. The van der Waals surface area contributed by atoms with Gasteiger partial charge < -0.3 is 9.47 Å². The molecule has 0 aliphatic carbocycles. The Morgan fingerprint density at radius 1 is 0.879 bits per heavy atom. The van der Waals surface area contributed by atoms with Crippen LogP contribution in [0.25, 0.3) is 22.3 Å². The van der Waals surface area contributed by atoms with E-state index in [4.69, 9.17) is 9.47 Å². The summed E-state index contributed by atoms with van der Waals surface area (Å²) in [5, 5.41) is 0. The molecule has 3 aromatic rings. The second kappa shape index (κ2) is 10.5. The van der Waals surface area contributed by atoms with Crippen molar-refractivity contribution in [2.75, 3.05) is 13.2 Å². The van der Waals surface area contributed by atoms with Gasteiger partial charge in [-0.2, -0.15) is 0 Å². The van der Waals surface area contributed by atoms with Gasteiger partial charge in [0, 0.05) is 18.1 Å². The highest BCUT2D eigenvalue weighted by Gasteiger charge is 2.25. The molecule has 2 nitrogen and oxygen atoms in total. The number of ether oxygens (including phenoxy) is 2. The van der Waals surface area contributed by atoms with Crippen LogP contribution in [0.15, 0.2) is 54.6 Å². The third kappa shape index (κ3) is 5.31. The normalized spacial score (nSPS) is 18.5. The maximum absolute atomic E-state index is 15.0. The molecule has 33 heavy (non-hydrogen) atoms. The highest BCUT2D eigenvalue weighted by Crippen LogP contribution is 2.33. The first-order valence-corrected chi connectivity index (χ1v) is 11.6. The lowest BCUT2D eigenvalue weighted by atomic mass is 9.91. The van der Waals surface area contributed by atoms with Crippen molar-refractivity contribution >= 4 is 0 Å². The van der Waals surface area contributed by atoms with Crippen LogP contribution in [0.3, 0.4) is 0 Å². The van der Waals surface area contributed by atoms with Gasteiger partial charge in [0.2, 0.25) is 0 Å². The molecule has 1 saturated heterocycles. The first-order chi connectivity index (χ1) is 16.0. The Hall–Kier alpha value is -2.63. The van der Waals surface area contributed by atoms with Crippen LogP contribution >= 0.6 is 0 Å². The molecule has 4 rings (SSSR count). The Morgan fingerprint density at radius 2 is 1.61 bits per heavy atom. The van der Waals surface area contributed by atoms with E-state index < -0.39 is 11.6 Å². The van der Waals surface area contributed by atoms with Crippen LogP contribution in [-0.2, 0) is 9.47 Å². The highest BCUT2D eigenvalue weighted by molar-refractivity contribution is 5.71. The minimum atomic E-state index is -0.856. The Balaban J connectivity index is 1.45. The van der Waals surface area contributed by atoms with Crippen LogP contribution in [0.2, 0.25) is 0 Å². The largest absolute Gasteiger partial charge is 0.353 e. The van der Waals surface area contributed by atoms with Crippen LogP contribution in [0.4, 0.5) is 13.2 Å². The molecular weight excluding hydrogens is 425 g/mol. The molecule has 1 fully saturated rings. The lowest BCUT2D eigenvalue weighted by Gasteiger charge is -2.29. The molecule has 0 saturated carbocycles. The summed E-state index contributed by atoms with van der Waals surface area (Å²) in [6.45, 7) is 4.79. The average Bonchev–Trinajstić information content (AvgIpc) is 2.83. The third-order valence-electron chi connectivity index (χ3n) is 6.28. The van der Waals surface area contributed by atoms with Gasteiger partial charge in [0.1, 0.15) is 5.82 Å². The second-order valence-electron chi connectivity index (χ2n) is 8.63. The van der Waals surface area contributed by atoms with E-state index in [9.17, 15) is 13.2 Å². The minimum absolute atomic E-state index is 0.00635. The number of rotatable bonds is 7. The molecule has 0 N–H and O–H groups in total. The number of aryl methyl sites for hydroxylation is 1. The van der Waals surface area contributed by atoms with E-state index >= 15 is 0 Å². The van der Waals surface area contributed by atoms with Gasteiger partial charge in [-0.25, -0.2) is 13.2 Å². The van der Waals surface area contributed by atoms with Crippen LogP contribution in [0.1, 0.15) is 49.7 Å². The summed E-state index contributed by atoms with van der Waals surface area (Å²) in [6.07, 6.45) is 3.47. The molecule has 1 aliphatic rings. The van der Waals surface area contributed by atoms with E-state index in [1.807, 2.05) is 12.1 Å². The van der Waals surface area contributed by atoms with Gasteiger partial charge in [0.25, 0.3) is 0 Å². The topological polar surface area (TPSA) is 18.5 Å². The van der Waals surface area contributed by atoms with Gasteiger partial charge in [-0.05, 0) is 60.1 Å². The first-order valence-electron chi connectivity index (χ1n) is 11.6. The lowest BCUT2D eigenvalue weighted by Crippen LogP contribution is -2.27. The van der Waals surface area contributed by atoms with Crippen LogP contribution in [0, 0.1) is 24.4 Å². The van der Waals surface area contributed by atoms with Gasteiger partial charge >= 0.3 is 0 Å². The SMILES string of the molecule is CCCCOC1CCC(c2ccc(-c3ccc(-c4ccc(C)c(F)c4F)cc3)cc2F)CO1. The quantitative estimate of drug-likeness (QED) is 0.339. The van der Waals surface area contributed by atoms with Gasteiger partial charge in [0.05, 0.1) is 6.61 Å². The van der Waals surface area contributed by atoms with Gasteiger partial charge in [-0.15, -0.1) is 0 Å². The fraction of sp³-hybridized carbons (Fsp3) is 0.357. The molecule has 2 atom stereocenters.